The zero-order valence-corrected chi connectivity index (χ0v) is 11.7. The van der Waals surface area contributed by atoms with E-state index in [4.69, 9.17) is 5.11 Å². The van der Waals surface area contributed by atoms with Crippen LogP contribution in [0.4, 0.5) is 0 Å². The van der Waals surface area contributed by atoms with Gasteiger partial charge >= 0.3 is 0 Å². The molecular formula is C13H27NOS. The predicted octanol–water partition coefficient (Wildman–Crippen LogP) is 2.51. The molecule has 96 valence electrons. The summed E-state index contributed by atoms with van der Waals surface area (Å²) in [6.07, 6.45) is 7.02. The molecule has 1 aliphatic rings. The van der Waals surface area contributed by atoms with Crippen molar-refractivity contribution in [2.45, 2.75) is 51.6 Å². The summed E-state index contributed by atoms with van der Waals surface area (Å²) in [6.45, 7) is 5.02. The molecular weight excluding hydrogens is 218 g/mol. The molecule has 0 amide bonds. The van der Waals surface area contributed by atoms with Gasteiger partial charge in [0.2, 0.25) is 0 Å². The highest BCUT2D eigenvalue weighted by molar-refractivity contribution is 7.98. The van der Waals surface area contributed by atoms with Crippen LogP contribution in [0.25, 0.3) is 0 Å². The highest BCUT2D eigenvalue weighted by Crippen LogP contribution is 2.28. The molecule has 3 atom stereocenters. The van der Waals surface area contributed by atoms with Crippen LogP contribution in [-0.4, -0.2) is 35.8 Å². The van der Waals surface area contributed by atoms with Crippen LogP contribution in [0.3, 0.4) is 0 Å². The number of nitrogens with one attached hydrogen (secondary N) is 1. The van der Waals surface area contributed by atoms with Gasteiger partial charge in [0.1, 0.15) is 0 Å². The molecule has 16 heavy (non-hydrogen) atoms. The quantitative estimate of drug-likeness (QED) is 0.754. The lowest BCUT2D eigenvalue weighted by atomic mass is 9.80. The number of aliphatic hydroxyl groups is 1. The van der Waals surface area contributed by atoms with Crippen molar-refractivity contribution in [1.82, 2.24) is 5.32 Å². The smallest absolute Gasteiger partial charge is 0.0446 e. The molecule has 0 aromatic rings. The summed E-state index contributed by atoms with van der Waals surface area (Å²) < 4.78 is 0. The molecule has 0 saturated heterocycles. The number of hydrogen-bond donors (Lipinski definition) is 2. The van der Waals surface area contributed by atoms with Crippen LogP contribution in [0.5, 0.6) is 0 Å². The van der Waals surface area contributed by atoms with E-state index >= 15 is 0 Å². The first kappa shape index (κ1) is 14.3. The Balaban J connectivity index is 2.37. The number of aliphatic hydroxyl groups excluding tert-OH is 1. The van der Waals surface area contributed by atoms with Crippen LogP contribution in [-0.2, 0) is 0 Å². The zero-order chi connectivity index (χ0) is 12.0. The van der Waals surface area contributed by atoms with Crippen LogP contribution >= 0.6 is 11.8 Å². The van der Waals surface area contributed by atoms with E-state index in [0.29, 0.717) is 18.7 Å². The van der Waals surface area contributed by atoms with E-state index in [1.165, 1.54) is 19.3 Å². The van der Waals surface area contributed by atoms with E-state index in [0.717, 1.165) is 24.0 Å². The average Bonchev–Trinajstić information content (AvgIpc) is 2.16. The van der Waals surface area contributed by atoms with Gasteiger partial charge in [0, 0.05) is 24.4 Å². The molecule has 0 aromatic carbocycles. The van der Waals surface area contributed by atoms with Crippen molar-refractivity contribution >= 4 is 11.8 Å². The molecule has 0 bridgehead atoms. The van der Waals surface area contributed by atoms with Crippen molar-refractivity contribution in [3.8, 4) is 0 Å². The summed E-state index contributed by atoms with van der Waals surface area (Å²) in [4.78, 5) is 0. The second kappa shape index (κ2) is 7.57. The van der Waals surface area contributed by atoms with Gasteiger partial charge in [0.15, 0.2) is 0 Å². The summed E-state index contributed by atoms with van der Waals surface area (Å²) in [7, 11) is 0. The highest BCUT2D eigenvalue weighted by Gasteiger charge is 2.25. The first-order valence-corrected chi connectivity index (χ1v) is 7.91. The van der Waals surface area contributed by atoms with Crippen LogP contribution < -0.4 is 5.32 Å². The topological polar surface area (TPSA) is 32.3 Å². The Hall–Kier alpha value is 0.270. The van der Waals surface area contributed by atoms with Gasteiger partial charge in [0.25, 0.3) is 0 Å². The number of rotatable bonds is 6. The summed E-state index contributed by atoms with van der Waals surface area (Å²) in [5, 5.41) is 12.8. The second-order valence-electron chi connectivity index (χ2n) is 5.45. The predicted molar refractivity (Wildman–Crippen MR) is 73.0 cm³/mol. The fourth-order valence-corrected chi connectivity index (χ4v) is 3.65. The second-order valence-corrected chi connectivity index (χ2v) is 6.36. The molecule has 0 heterocycles. The molecule has 1 fully saturated rings. The van der Waals surface area contributed by atoms with E-state index in [2.05, 4.69) is 25.4 Å². The van der Waals surface area contributed by atoms with E-state index in [-0.39, 0.29) is 0 Å². The van der Waals surface area contributed by atoms with Crippen molar-refractivity contribution in [1.29, 1.82) is 0 Å². The standard InChI is InChI=1S/C13H27NOS/c1-10-6-11(2)8-13(7-10)14-12(4-5-15)9-16-3/h10-15H,4-9H2,1-3H3. The highest BCUT2D eigenvalue weighted by atomic mass is 32.2. The van der Waals surface area contributed by atoms with Crippen molar-refractivity contribution in [3.05, 3.63) is 0 Å². The molecule has 1 aliphatic carbocycles. The third-order valence-electron chi connectivity index (χ3n) is 3.50. The van der Waals surface area contributed by atoms with Crippen LogP contribution in [0.2, 0.25) is 0 Å². The van der Waals surface area contributed by atoms with Crippen molar-refractivity contribution < 1.29 is 5.11 Å². The van der Waals surface area contributed by atoms with E-state index in [1.807, 2.05) is 11.8 Å². The Bertz CT molecular complexity index is 173. The summed E-state index contributed by atoms with van der Waals surface area (Å²) >= 11 is 1.87. The summed E-state index contributed by atoms with van der Waals surface area (Å²) in [5.41, 5.74) is 0. The van der Waals surface area contributed by atoms with E-state index < -0.39 is 0 Å². The van der Waals surface area contributed by atoms with E-state index in [1.54, 1.807) is 0 Å². The fraction of sp³-hybridized carbons (Fsp3) is 1.00. The molecule has 1 rings (SSSR count). The summed E-state index contributed by atoms with van der Waals surface area (Å²) in [5.74, 6) is 2.82. The van der Waals surface area contributed by atoms with Crippen LogP contribution in [0.1, 0.15) is 39.5 Å². The number of hydrogen-bond acceptors (Lipinski definition) is 3. The van der Waals surface area contributed by atoms with Gasteiger partial charge in [-0.2, -0.15) is 11.8 Å². The van der Waals surface area contributed by atoms with Gasteiger partial charge in [-0.1, -0.05) is 13.8 Å². The Morgan fingerprint density at radius 3 is 2.38 bits per heavy atom. The Labute approximate surface area is 105 Å². The Kier molecular flexibility index (Phi) is 6.78. The van der Waals surface area contributed by atoms with Crippen molar-refractivity contribution in [3.63, 3.8) is 0 Å². The van der Waals surface area contributed by atoms with Crippen LogP contribution in [0, 0.1) is 11.8 Å². The van der Waals surface area contributed by atoms with Crippen LogP contribution in [0.15, 0.2) is 0 Å². The molecule has 0 aliphatic heterocycles. The van der Waals surface area contributed by atoms with Gasteiger partial charge < -0.3 is 10.4 Å². The Morgan fingerprint density at radius 2 is 1.88 bits per heavy atom. The average molecular weight is 245 g/mol. The number of thioether (sulfide) groups is 1. The minimum atomic E-state index is 0.302. The van der Waals surface area contributed by atoms with Gasteiger partial charge in [0.05, 0.1) is 0 Å². The van der Waals surface area contributed by atoms with Gasteiger partial charge in [-0.25, -0.2) is 0 Å². The van der Waals surface area contributed by atoms with Crippen molar-refractivity contribution in [2.24, 2.45) is 11.8 Å². The maximum atomic E-state index is 9.05. The minimum absolute atomic E-state index is 0.302. The molecule has 3 heteroatoms. The van der Waals surface area contributed by atoms with Gasteiger partial charge in [-0.3, -0.25) is 0 Å². The first-order chi connectivity index (χ1) is 7.65. The van der Waals surface area contributed by atoms with Crippen molar-refractivity contribution in [2.75, 3.05) is 18.6 Å². The lowest BCUT2D eigenvalue weighted by molar-refractivity contribution is 0.212. The zero-order valence-electron chi connectivity index (χ0n) is 10.9. The molecule has 0 aromatic heterocycles. The Morgan fingerprint density at radius 1 is 1.25 bits per heavy atom. The third-order valence-corrected chi connectivity index (χ3v) is 4.23. The normalized spacial score (nSPS) is 32.6. The maximum absolute atomic E-state index is 9.05. The molecule has 2 N–H and O–H groups in total. The lowest BCUT2D eigenvalue weighted by Gasteiger charge is -2.34. The third kappa shape index (κ3) is 5.07. The molecule has 0 spiro atoms. The summed E-state index contributed by atoms with van der Waals surface area (Å²) in [6, 6.07) is 1.16. The fourth-order valence-electron chi connectivity index (χ4n) is 2.99. The SMILES string of the molecule is CSCC(CCO)NC1CC(C)CC(C)C1. The lowest BCUT2D eigenvalue weighted by Crippen LogP contribution is -2.44. The van der Waals surface area contributed by atoms with E-state index in [9.17, 15) is 0 Å². The van der Waals surface area contributed by atoms with Gasteiger partial charge in [-0.05, 0) is 43.8 Å². The van der Waals surface area contributed by atoms with Gasteiger partial charge in [-0.15, -0.1) is 0 Å². The molecule has 3 unspecified atom stereocenters. The monoisotopic (exact) mass is 245 g/mol. The largest absolute Gasteiger partial charge is 0.396 e. The molecule has 1 saturated carbocycles. The molecule has 2 nitrogen and oxygen atoms in total. The first-order valence-electron chi connectivity index (χ1n) is 6.51. The maximum Gasteiger partial charge on any atom is 0.0446 e. The molecule has 0 radical (unpaired) electrons. The minimum Gasteiger partial charge on any atom is -0.396 e.